The fourth-order valence-electron chi connectivity index (χ4n) is 1.79. The van der Waals surface area contributed by atoms with Gasteiger partial charge in [-0.3, -0.25) is 9.59 Å². The molecule has 3 N–H and O–H groups in total. The minimum absolute atomic E-state index is 0.140. The molecule has 0 spiro atoms. The number of hydrogen-bond acceptors (Lipinski definition) is 3. The molecule has 0 aliphatic carbocycles. The average Bonchev–Trinajstić information content (AvgIpc) is 2.52. The number of benzene rings is 2. The molecule has 0 aliphatic rings. The summed E-state index contributed by atoms with van der Waals surface area (Å²) in [5, 5.41) is 3.14. The van der Waals surface area contributed by atoms with E-state index >= 15 is 0 Å². The van der Waals surface area contributed by atoms with E-state index < -0.39 is 5.91 Å². The molecule has 0 saturated heterocycles. The lowest BCUT2D eigenvalue weighted by Gasteiger charge is -2.09. The first-order valence-corrected chi connectivity index (χ1v) is 6.97. The number of amides is 2. The number of para-hydroxylation sites is 1. The Bertz CT molecular complexity index is 689. The van der Waals surface area contributed by atoms with Gasteiger partial charge in [0.2, 0.25) is 5.91 Å². The molecule has 0 saturated carbocycles. The molecule has 114 valence electrons. The van der Waals surface area contributed by atoms with Crippen molar-refractivity contribution >= 4 is 23.4 Å². The zero-order valence-corrected chi connectivity index (χ0v) is 12.5. The van der Waals surface area contributed by atoms with Gasteiger partial charge in [-0.1, -0.05) is 35.9 Å². The summed E-state index contributed by atoms with van der Waals surface area (Å²) in [6.07, 6.45) is 0. The first-order chi connectivity index (χ1) is 10.6. The summed E-state index contributed by atoms with van der Waals surface area (Å²) in [6.45, 7) is 0.144. The Morgan fingerprint density at radius 1 is 1.14 bits per heavy atom. The summed E-state index contributed by atoms with van der Waals surface area (Å²) in [6, 6.07) is 13.7. The van der Waals surface area contributed by atoms with Gasteiger partial charge in [-0.05, 0) is 29.8 Å². The van der Waals surface area contributed by atoms with Crippen LogP contribution in [0.15, 0.2) is 48.5 Å². The van der Waals surface area contributed by atoms with Crippen LogP contribution in [-0.2, 0) is 11.3 Å². The quantitative estimate of drug-likeness (QED) is 0.856. The Balaban J connectivity index is 1.84. The molecule has 0 heterocycles. The van der Waals surface area contributed by atoms with E-state index in [2.05, 4.69) is 5.32 Å². The van der Waals surface area contributed by atoms with Gasteiger partial charge in [0, 0.05) is 12.1 Å². The topological polar surface area (TPSA) is 81.4 Å². The van der Waals surface area contributed by atoms with Crippen LogP contribution in [0.3, 0.4) is 0 Å². The van der Waals surface area contributed by atoms with Crippen LogP contribution in [0.5, 0.6) is 5.75 Å². The van der Waals surface area contributed by atoms with Crippen LogP contribution >= 0.6 is 11.6 Å². The van der Waals surface area contributed by atoms with Crippen molar-refractivity contribution in [1.82, 2.24) is 5.32 Å². The fraction of sp³-hybridized carbons (Fsp3) is 0.125. The van der Waals surface area contributed by atoms with Crippen molar-refractivity contribution in [3.05, 3.63) is 64.7 Å². The summed E-state index contributed by atoms with van der Waals surface area (Å²) >= 11 is 5.93. The van der Waals surface area contributed by atoms with Gasteiger partial charge in [-0.25, -0.2) is 0 Å². The van der Waals surface area contributed by atoms with Crippen LogP contribution in [0.2, 0.25) is 5.02 Å². The van der Waals surface area contributed by atoms with Crippen LogP contribution < -0.4 is 15.8 Å². The number of halogens is 1. The van der Waals surface area contributed by atoms with E-state index in [0.717, 1.165) is 5.56 Å². The highest BCUT2D eigenvalue weighted by Crippen LogP contribution is 2.22. The van der Waals surface area contributed by atoms with Crippen LogP contribution in [0.4, 0.5) is 0 Å². The number of nitrogens with one attached hydrogen (secondary N) is 1. The number of carbonyl (C=O) groups excluding carboxylic acids is 2. The van der Waals surface area contributed by atoms with E-state index in [1.807, 2.05) is 0 Å². The van der Waals surface area contributed by atoms with Gasteiger partial charge in [-0.15, -0.1) is 0 Å². The summed E-state index contributed by atoms with van der Waals surface area (Å²) in [5.74, 6) is -0.338. The molecule has 2 amide bonds. The Labute approximate surface area is 133 Å². The zero-order chi connectivity index (χ0) is 15.9. The number of rotatable bonds is 6. The Morgan fingerprint density at radius 3 is 2.64 bits per heavy atom. The maximum Gasteiger partial charge on any atom is 0.258 e. The minimum atomic E-state index is -0.504. The standard InChI is InChI=1S/C16H15ClN2O3/c17-13-6-1-2-7-14(13)22-10-15(20)19-9-11-4-3-5-12(8-11)16(18)21/h1-8H,9-10H2,(H2,18,21)(H,19,20). The van der Waals surface area contributed by atoms with Crippen LogP contribution in [0, 0.1) is 0 Å². The van der Waals surface area contributed by atoms with Crippen molar-refractivity contribution in [2.24, 2.45) is 5.73 Å². The van der Waals surface area contributed by atoms with Crippen molar-refractivity contribution in [3.63, 3.8) is 0 Å². The Morgan fingerprint density at radius 2 is 1.91 bits per heavy atom. The molecule has 0 unspecified atom stereocenters. The molecule has 2 aromatic rings. The number of carbonyl (C=O) groups is 2. The molecule has 2 aromatic carbocycles. The molecule has 2 rings (SSSR count). The van der Waals surface area contributed by atoms with Gasteiger partial charge in [0.05, 0.1) is 5.02 Å². The molecule has 6 heteroatoms. The van der Waals surface area contributed by atoms with E-state index in [1.165, 1.54) is 0 Å². The maximum absolute atomic E-state index is 11.7. The number of nitrogens with two attached hydrogens (primary N) is 1. The second kappa shape index (κ2) is 7.47. The molecule has 0 bridgehead atoms. The summed E-state index contributed by atoms with van der Waals surface area (Å²) in [7, 11) is 0. The van der Waals surface area contributed by atoms with Crippen molar-refractivity contribution in [2.75, 3.05) is 6.61 Å². The van der Waals surface area contributed by atoms with Gasteiger partial charge in [0.15, 0.2) is 6.61 Å². The molecule has 0 radical (unpaired) electrons. The predicted octanol–water partition coefficient (Wildman–Crippen LogP) is 2.13. The monoisotopic (exact) mass is 318 g/mol. The molecule has 0 aliphatic heterocycles. The molecule has 0 aromatic heterocycles. The largest absolute Gasteiger partial charge is 0.482 e. The summed E-state index contributed by atoms with van der Waals surface area (Å²) in [5.41, 5.74) is 6.39. The molecular formula is C16H15ClN2O3. The van der Waals surface area contributed by atoms with Crippen molar-refractivity contribution in [2.45, 2.75) is 6.54 Å². The Hall–Kier alpha value is -2.53. The summed E-state index contributed by atoms with van der Waals surface area (Å²) in [4.78, 5) is 22.8. The zero-order valence-electron chi connectivity index (χ0n) is 11.7. The molecular weight excluding hydrogens is 304 g/mol. The van der Waals surface area contributed by atoms with Gasteiger partial charge in [-0.2, -0.15) is 0 Å². The van der Waals surface area contributed by atoms with Crippen LogP contribution in [-0.4, -0.2) is 18.4 Å². The molecule has 0 fully saturated rings. The van der Waals surface area contributed by atoms with Gasteiger partial charge in [0.1, 0.15) is 5.75 Å². The highest BCUT2D eigenvalue weighted by molar-refractivity contribution is 6.32. The third kappa shape index (κ3) is 4.49. The van der Waals surface area contributed by atoms with E-state index in [4.69, 9.17) is 22.1 Å². The molecule has 22 heavy (non-hydrogen) atoms. The first kappa shape index (κ1) is 15.9. The highest BCUT2D eigenvalue weighted by atomic mass is 35.5. The van der Waals surface area contributed by atoms with Crippen LogP contribution in [0.1, 0.15) is 15.9 Å². The molecule has 0 atom stereocenters. The van der Waals surface area contributed by atoms with E-state index in [0.29, 0.717) is 16.3 Å². The molecule has 5 nitrogen and oxygen atoms in total. The number of primary amides is 1. The lowest BCUT2D eigenvalue weighted by molar-refractivity contribution is -0.123. The van der Waals surface area contributed by atoms with Crippen LogP contribution in [0.25, 0.3) is 0 Å². The van der Waals surface area contributed by atoms with Gasteiger partial charge < -0.3 is 15.8 Å². The smallest absolute Gasteiger partial charge is 0.258 e. The maximum atomic E-state index is 11.7. The second-order valence-corrected chi connectivity index (χ2v) is 4.97. The third-order valence-electron chi connectivity index (χ3n) is 2.90. The van der Waals surface area contributed by atoms with Crippen molar-refractivity contribution in [1.29, 1.82) is 0 Å². The third-order valence-corrected chi connectivity index (χ3v) is 3.21. The van der Waals surface area contributed by atoms with Gasteiger partial charge in [0.25, 0.3) is 5.91 Å². The van der Waals surface area contributed by atoms with Gasteiger partial charge >= 0.3 is 0 Å². The van der Waals surface area contributed by atoms with Crippen molar-refractivity contribution < 1.29 is 14.3 Å². The Kier molecular flexibility index (Phi) is 5.38. The van der Waals surface area contributed by atoms with Crippen molar-refractivity contribution in [3.8, 4) is 5.75 Å². The van der Waals surface area contributed by atoms with E-state index in [-0.39, 0.29) is 19.1 Å². The average molecular weight is 319 g/mol. The van der Waals surface area contributed by atoms with E-state index in [1.54, 1.807) is 48.5 Å². The summed E-state index contributed by atoms with van der Waals surface area (Å²) < 4.78 is 5.33. The minimum Gasteiger partial charge on any atom is -0.482 e. The normalized spacial score (nSPS) is 10.0. The SMILES string of the molecule is NC(=O)c1cccc(CNC(=O)COc2ccccc2Cl)c1. The van der Waals surface area contributed by atoms with E-state index in [9.17, 15) is 9.59 Å². The second-order valence-electron chi connectivity index (χ2n) is 4.56. The lowest BCUT2D eigenvalue weighted by Crippen LogP contribution is -2.28. The first-order valence-electron chi connectivity index (χ1n) is 6.59. The number of ether oxygens (including phenoxy) is 1. The fourth-order valence-corrected chi connectivity index (χ4v) is 1.98. The highest BCUT2D eigenvalue weighted by Gasteiger charge is 2.06. The number of hydrogen-bond donors (Lipinski definition) is 2. The lowest BCUT2D eigenvalue weighted by atomic mass is 10.1. The predicted molar refractivity (Wildman–Crippen MR) is 83.8 cm³/mol.